The Morgan fingerprint density at radius 1 is 1.20 bits per heavy atom. The van der Waals surface area contributed by atoms with Crippen LogP contribution in [0.4, 0.5) is 4.79 Å². The van der Waals surface area contributed by atoms with E-state index in [2.05, 4.69) is 16.4 Å². The highest BCUT2D eigenvalue weighted by Gasteiger charge is 2.18. The molecule has 0 unspecified atom stereocenters. The fourth-order valence-corrected chi connectivity index (χ4v) is 1.84. The number of hydrogen-bond donors (Lipinski definition) is 3. The topological polar surface area (TPSA) is 105 Å². The van der Waals surface area contributed by atoms with Crippen molar-refractivity contribution in [1.82, 2.24) is 15.5 Å². The summed E-state index contributed by atoms with van der Waals surface area (Å²) in [5.74, 6) is -0.211. The maximum atomic E-state index is 11.8. The minimum atomic E-state index is -0.211. The molecule has 25 heavy (non-hydrogen) atoms. The lowest BCUT2D eigenvalue weighted by Gasteiger charge is -2.14. The van der Waals surface area contributed by atoms with E-state index in [4.69, 9.17) is 0 Å². The van der Waals surface area contributed by atoms with Gasteiger partial charge in [0.05, 0.1) is 0 Å². The van der Waals surface area contributed by atoms with Crippen molar-refractivity contribution in [2.24, 2.45) is 5.73 Å². The molecule has 1 saturated heterocycles. The number of rotatable bonds is 5. The summed E-state index contributed by atoms with van der Waals surface area (Å²) in [6.45, 7) is 10.2. The van der Waals surface area contributed by atoms with Gasteiger partial charge in [-0.05, 0) is 19.2 Å². The normalized spacial score (nSPS) is 11.4. The molecule has 7 heteroatoms. The van der Waals surface area contributed by atoms with Crippen LogP contribution >= 0.6 is 0 Å². The Morgan fingerprint density at radius 2 is 1.76 bits per heavy atom. The molecule has 0 atom stereocenters. The fraction of sp³-hybridized carbons (Fsp3) is 0.500. The molecule has 142 valence electrons. The summed E-state index contributed by atoms with van der Waals surface area (Å²) >= 11 is 0. The summed E-state index contributed by atoms with van der Waals surface area (Å²) in [6, 6.07) is 6.29. The van der Waals surface area contributed by atoms with E-state index in [1.54, 1.807) is 29.2 Å². The Hall–Kier alpha value is -2.41. The predicted octanol–water partition coefficient (Wildman–Crippen LogP) is 1.88. The Morgan fingerprint density at radius 3 is 2.20 bits per heavy atom. The van der Waals surface area contributed by atoms with E-state index in [1.807, 2.05) is 27.7 Å². The SMILES string of the molecule is CC.CC.CN.O=Cc1ccc(C(=O)NCCN2CCNC2=O)cc1. The van der Waals surface area contributed by atoms with Crippen molar-refractivity contribution in [3.63, 3.8) is 0 Å². The molecule has 0 bridgehead atoms. The zero-order valence-electron chi connectivity index (χ0n) is 16.0. The number of urea groups is 1. The van der Waals surface area contributed by atoms with Crippen molar-refractivity contribution >= 4 is 18.2 Å². The second-order valence-electron chi connectivity index (χ2n) is 4.21. The zero-order valence-corrected chi connectivity index (χ0v) is 16.0. The molecule has 0 aliphatic carbocycles. The molecule has 1 aromatic carbocycles. The lowest BCUT2D eigenvalue weighted by molar-refractivity contribution is 0.0949. The molecular weight excluding hydrogens is 320 g/mol. The summed E-state index contributed by atoms with van der Waals surface area (Å²) in [7, 11) is 1.50. The predicted molar refractivity (Wildman–Crippen MR) is 102 cm³/mol. The number of benzene rings is 1. The zero-order chi connectivity index (χ0) is 19.7. The van der Waals surface area contributed by atoms with Gasteiger partial charge in [0, 0.05) is 37.3 Å². The van der Waals surface area contributed by atoms with Crippen molar-refractivity contribution < 1.29 is 14.4 Å². The molecule has 3 amide bonds. The highest BCUT2D eigenvalue weighted by atomic mass is 16.2. The molecule has 4 N–H and O–H groups in total. The van der Waals surface area contributed by atoms with Gasteiger partial charge in [-0.3, -0.25) is 9.59 Å². The molecule has 2 rings (SSSR count). The summed E-state index contributed by atoms with van der Waals surface area (Å²) in [5.41, 5.74) is 5.53. The number of aldehydes is 1. The van der Waals surface area contributed by atoms with Gasteiger partial charge in [0.1, 0.15) is 6.29 Å². The van der Waals surface area contributed by atoms with E-state index in [9.17, 15) is 14.4 Å². The average molecular weight is 352 g/mol. The summed E-state index contributed by atoms with van der Waals surface area (Å²) in [6.07, 6.45) is 0.730. The number of nitrogens with two attached hydrogens (primary N) is 1. The van der Waals surface area contributed by atoms with Gasteiger partial charge in [0.25, 0.3) is 5.91 Å². The van der Waals surface area contributed by atoms with Crippen LogP contribution in [0.1, 0.15) is 48.4 Å². The standard InChI is InChI=1S/C13H15N3O3.2C2H6.CH5N/c17-9-10-1-3-11(4-2-10)12(18)14-5-7-16-8-6-15-13(16)19;3*1-2/h1-4,9H,5-8H2,(H,14,18)(H,15,19);2*1-2H3;2H2,1H3. The molecule has 1 heterocycles. The first-order valence-electron chi connectivity index (χ1n) is 8.64. The average Bonchev–Trinajstić information content (AvgIpc) is 3.11. The molecule has 0 spiro atoms. The Kier molecular flexibility index (Phi) is 16.3. The first kappa shape index (κ1) is 24.8. The molecule has 0 radical (unpaired) electrons. The van der Waals surface area contributed by atoms with Crippen molar-refractivity contribution in [2.45, 2.75) is 27.7 Å². The van der Waals surface area contributed by atoms with Gasteiger partial charge in [-0.1, -0.05) is 39.8 Å². The highest BCUT2D eigenvalue weighted by Crippen LogP contribution is 2.02. The van der Waals surface area contributed by atoms with Gasteiger partial charge >= 0.3 is 6.03 Å². The number of amides is 3. The monoisotopic (exact) mass is 352 g/mol. The lowest BCUT2D eigenvalue weighted by Crippen LogP contribution is -2.36. The first-order valence-corrected chi connectivity index (χ1v) is 8.64. The fourth-order valence-electron chi connectivity index (χ4n) is 1.84. The second kappa shape index (κ2) is 16.4. The van der Waals surface area contributed by atoms with E-state index in [0.717, 1.165) is 6.29 Å². The lowest BCUT2D eigenvalue weighted by atomic mass is 10.1. The van der Waals surface area contributed by atoms with E-state index in [1.165, 1.54) is 7.05 Å². The minimum absolute atomic E-state index is 0.0930. The molecule has 1 aromatic rings. The molecular formula is C18H32N4O3. The van der Waals surface area contributed by atoms with Crippen molar-refractivity contribution in [3.05, 3.63) is 35.4 Å². The maximum Gasteiger partial charge on any atom is 0.317 e. The number of hydrogen-bond acceptors (Lipinski definition) is 4. The van der Waals surface area contributed by atoms with Crippen LogP contribution in [0.3, 0.4) is 0 Å². The maximum absolute atomic E-state index is 11.8. The van der Waals surface area contributed by atoms with E-state index in [-0.39, 0.29) is 11.9 Å². The van der Waals surface area contributed by atoms with Crippen molar-refractivity contribution in [3.8, 4) is 0 Å². The molecule has 0 saturated carbocycles. The number of nitrogens with one attached hydrogen (secondary N) is 2. The molecule has 1 aliphatic rings. The quantitative estimate of drug-likeness (QED) is 0.704. The largest absolute Gasteiger partial charge is 0.350 e. The summed E-state index contributed by atoms with van der Waals surface area (Å²) < 4.78 is 0. The van der Waals surface area contributed by atoms with Gasteiger partial charge in [0.2, 0.25) is 0 Å². The van der Waals surface area contributed by atoms with Gasteiger partial charge in [-0.15, -0.1) is 0 Å². The highest BCUT2D eigenvalue weighted by molar-refractivity contribution is 5.94. The Bertz CT molecular complexity index is 490. The van der Waals surface area contributed by atoms with Gasteiger partial charge in [0.15, 0.2) is 0 Å². The van der Waals surface area contributed by atoms with Crippen LogP contribution in [-0.2, 0) is 0 Å². The molecule has 1 aliphatic heterocycles. The molecule has 1 fully saturated rings. The van der Waals surface area contributed by atoms with Crippen LogP contribution in [0.25, 0.3) is 0 Å². The molecule has 7 nitrogen and oxygen atoms in total. The van der Waals surface area contributed by atoms with Crippen LogP contribution < -0.4 is 16.4 Å². The third-order valence-corrected chi connectivity index (χ3v) is 2.92. The number of nitrogens with zero attached hydrogens (tertiary/aromatic N) is 1. The van der Waals surface area contributed by atoms with Gasteiger partial charge < -0.3 is 21.3 Å². The van der Waals surface area contributed by atoms with E-state index >= 15 is 0 Å². The van der Waals surface area contributed by atoms with Crippen LogP contribution in [-0.4, -0.2) is 56.4 Å². The Labute approximate surface area is 151 Å². The van der Waals surface area contributed by atoms with Crippen LogP contribution in [0.2, 0.25) is 0 Å². The summed E-state index contributed by atoms with van der Waals surface area (Å²) in [5, 5.41) is 5.43. The minimum Gasteiger partial charge on any atom is -0.350 e. The third kappa shape index (κ3) is 9.46. The van der Waals surface area contributed by atoms with E-state index < -0.39 is 0 Å². The third-order valence-electron chi connectivity index (χ3n) is 2.92. The second-order valence-corrected chi connectivity index (χ2v) is 4.21. The van der Waals surface area contributed by atoms with Crippen molar-refractivity contribution in [1.29, 1.82) is 0 Å². The van der Waals surface area contributed by atoms with Crippen LogP contribution in [0.15, 0.2) is 24.3 Å². The summed E-state index contributed by atoms with van der Waals surface area (Å²) in [4.78, 5) is 35.2. The van der Waals surface area contributed by atoms with Gasteiger partial charge in [-0.2, -0.15) is 0 Å². The van der Waals surface area contributed by atoms with Gasteiger partial charge in [-0.25, -0.2) is 4.79 Å². The van der Waals surface area contributed by atoms with E-state index in [0.29, 0.717) is 37.3 Å². The number of carbonyl (C=O) groups is 3. The van der Waals surface area contributed by atoms with Crippen molar-refractivity contribution in [2.75, 3.05) is 33.2 Å². The van der Waals surface area contributed by atoms with Crippen LogP contribution in [0.5, 0.6) is 0 Å². The smallest absolute Gasteiger partial charge is 0.317 e. The Balaban J connectivity index is 0. The molecule has 0 aromatic heterocycles. The first-order chi connectivity index (χ1) is 12.2. The van der Waals surface area contributed by atoms with Crippen LogP contribution in [0, 0.1) is 0 Å². The number of carbonyl (C=O) groups excluding carboxylic acids is 3.